The zero-order chi connectivity index (χ0) is 13.0. The summed E-state index contributed by atoms with van der Waals surface area (Å²) < 4.78 is 1.75. The van der Waals surface area contributed by atoms with E-state index in [2.05, 4.69) is 6.07 Å². The molecular formula is C14H11N2O2+. The van der Waals surface area contributed by atoms with Crippen molar-refractivity contribution in [2.45, 2.75) is 6.54 Å². The number of nitriles is 1. The Hall–Kier alpha value is -2.67. The molecule has 0 aliphatic rings. The molecule has 4 heteroatoms. The summed E-state index contributed by atoms with van der Waals surface area (Å²) in [7, 11) is 0. The largest absolute Gasteiger partial charge is 0.477 e. The molecule has 0 bridgehead atoms. The molecule has 2 rings (SSSR count). The van der Waals surface area contributed by atoms with Crippen molar-refractivity contribution in [3.63, 3.8) is 0 Å². The van der Waals surface area contributed by atoms with Crippen LogP contribution in [0.2, 0.25) is 0 Å². The van der Waals surface area contributed by atoms with Crippen molar-refractivity contribution in [2.24, 2.45) is 0 Å². The van der Waals surface area contributed by atoms with Crippen LogP contribution in [-0.4, -0.2) is 11.1 Å². The number of aromatic nitrogens is 1. The van der Waals surface area contributed by atoms with Crippen LogP contribution >= 0.6 is 0 Å². The standard InChI is InChI=1S/C14H10N2O2/c15-8-11-4-1-2-5-12(11)9-16-7-3-6-13(10-16)14(17)18/h1-7,10H,9H2/p+1. The number of benzene rings is 1. The maximum atomic E-state index is 10.9. The summed E-state index contributed by atoms with van der Waals surface area (Å²) in [5.41, 5.74) is 1.70. The minimum atomic E-state index is -0.960. The van der Waals surface area contributed by atoms with Crippen molar-refractivity contribution in [1.82, 2.24) is 0 Å². The Morgan fingerprint density at radius 2 is 2.06 bits per heavy atom. The van der Waals surface area contributed by atoms with Gasteiger partial charge in [0.15, 0.2) is 18.9 Å². The highest BCUT2D eigenvalue weighted by atomic mass is 16.4. The maximum Gasteiger partial charge on any atom is 0.341 e. The number of pyridine rings is 1. The van der Waals surface area contributed by atoms with Gasteiger partial charge in [-0.1, -0.05) is 18.2 Å². The van der Waals surface area contributed by atoms with Gasteiger partial charge in [0, 0.05) is 11.6 Å². The van der Waals surface area contributed by atoms with Crippen molar-refractivity contribution >= 4 is 5.97 Å². The summed E-state index contributed by atoms with van der Waals surface area (Å²) >= 11 is 0. The van der Waals surface area contributed by atoms with Crippen LogP contribution in [0.4, 0.5) is 0 Å². The van der Waals surface area contributed by atoms with Gasteiger partial charge in [0.05, 0.1) is 11.6 Å². The van der Waals surface area contributed by atoms with E-state index in [1.54, 1.807) is 35.2 Å². The Morgan fingerprint density at radius 3 is 2.78 bits per heavy atom. The normalized spacial score (nSPS) is 9.72. The molecule has 1 N–H and O–H groups in total. The smallest absolute Gasteiger partial charge is 0.341 e. The van der Waals surface area contributed by atoms with Crippen molar-refractivity contribution in [2.75, 3.05) is 0 Å². The highest BCUT2D eigenvalue weighted by molar-refractivity contribution is 5.86. The molecule has 88 valence electrons. The highest BCUT2D eigenvalue weighted by Crippen LogP contribution is 2.06. The number of aromatic carboxylic acids is 1. The van der Waals surface area contributed by atoms with Gasteiger partial charge in [-0.05, 0) is 12.1 Å². The Kier molecular flexibility index (Phi) is 3.35. The van der Waals surface area contributed by atoms with Crippen LogP contribution in [0.25, 0.3) is 0 Å². The molecular weight excluding hydrogens is 228 g/mol. The van der Waals surface area contributed by atoms with Crippen LogP contribution in [0.5, 0.6) is 0 Å². The van der Waals surface area contributed by atoms with Gasteiger partial charge >= 0.3 is 5.97 Å². The first-order valence-corrected chi connectivity index (χ1v) is 5.41. The number of carboxylic acid groups (broad SMARTS) is 1. The molecule has 2 aromatic rings. The van der Waals surface area contributed by atoms with Gasteiger partial charge in [0.1, 0.15) is 5.56 Å². The van der Waals surface area contributed by atoms with Gasteiger partial charge in [0.2, 0.25) is 0 Å². The second-order valence-electron chi connectivity index (χ2n) is 3.84. The van der Waals surface area contributed by atoms with E-state index >= 15 is 0 Å². The fourth-order valence-electron chi connectivity index (χ4n) is 1.71. The van der Waals surface area contributed by atoms with Crippen LogP contribution in [0.3, 0.4) is 0 Å². The monoisotopic (exact) mass is 239 g/mol. The molecule has 0 spiro atoms. The molecule has 4 nitrogen and oxygen atoms in total. The van der Waals surface area contributed by atoms with Gasteiger partial charge in [0.25, 0.3) is 0 Å². The van der Waals surface area contributed by atoms with E-state index < -0.39 is 5.97 Å². The molecule has 18 heavy (non-hydrogen) atoms. The molecule has 0 unspecified atom stereocenters. The van der Waals surface area contributed by atoms with Crippen LogP contribution in [0.1, 0.15) is 21.5 Å². The molecule has 0 radical (unpaired) electrons. The van der Waals surface area contributed by atoms with Crippen LogP contribution in [0, 0.1) is 11.3 Å². The molecule has 0 fully saturated rings. The van der Waals surface area contributed by atoms with Crippen molar-refractivity contribution in [1.29, 1.82) is 5.26 Å². The lowest BCUT2D eigenvalue weighted by molar-refractivity contribution is -0.688. The van der Waals surface area contributed by atoms with E-state index in [0.29, 0.717) is 12.1 Å². The summed E-state index contributed by atoms with van der Waals surface area (Å²) in [6.07, 6.45) is 3.33. The number of carbonyl (C=O) groups is 1. The predicted octanol–water partition coefficient (Wildman–Crippen LogP) is 1.59. The van der Waals surface area contributed by atoms with Gasteiger partial charge < -0.3 is 5.11 Å². The van der Waals surface area contributed by atoms with Gasteiger partial charge in [-0.3, -0.25) is 0 Å². The molecule has 0 saturated carbocycles. The third kappa shape index (κ3) is 2.53. The average Bonchev–Trinajstić information content (AvgIpc) is 2.39. The Bertz CT molecular complexity index is 630. The molecule has 1 heterocycles. The van der Waals surface area contributed by atoms with Crippen molar-refractivity contribution in [3.8, 4) is 6.07 Å². The van der Waals surface area contributed by atoms with Crippen LogP contribution < -0.4 is 4.57 Å². The van der Waals surface area contributed by atoms with E-state index in [0.717, 1.165) is 5.56 Å². The van der Waals surface area contributed by atoms with E-state index in [9.17, 15) is 4.79 Å². The molecule has 0 aliphatic carbocycles. The van der Waals surface area contributed by atoms with Crippen LogP contribution in [-0.2, 0) is 6.54 Å². The molecule has 0 atom stereocenters. The first-order chi connectivity index (χ1) is 8.70. The minimum absolute atomic E-state index is 0.229. The Balaban J connectivity index is 2.32. The first-order valence-electron chi connectivity index (χ1n) is 5.41. The predicted molar refractivity (Wildman–Crippen MR) is 63.9 cm³/mol. The fraction of sp³-hybridized carbons (Fsp3) is 0.0714. The summed E-state index contributed by atoms with van der Waals surface area (Å²) in [6.45, 7) is 0.477. The summed E-state index contributed by atoms with van der Waals surface area (Å²) in [6, 6.07) is 12.6. The SMILES string of the molecule is N#Cc1ccccc1C[n+]1cccc(C(=O)O)c1. The third-order valence-electron chi connectivity index (χ3n) is 2.60. The number of nitrogens with zero attached hydrogens (tertiary/aromatic N) is 2. The van der Waals surface area contributed by atoms with Gasteiger partial charge in [-0.2, -0.15) is 9.83 Å². The number of hydrogen-bond acceptors (Lipinski definition) is 2. The van der Waals surface area contributed by atoms with Gasteiger partial charge in [-0.15, -0.1) is 0 Å². The first kappa shape index (κ1) is 11.8. The minimum Gasteiger partial charge on any atom is -0.477 e. The molecule has 0 saturated heterocycles. The summed E-state index contributed by atoms with van der Waals surface area (Å²) in [5.74, 6) is -0.960. The maximum absolute atomic E-state index is 10.9. The topological polar surface area (TPSA) is 65.0 Å². The quantitative estimate of drug-likeness (QED) is 0.827. The van der Waals surface area contributed by atoms with E-state index in [1.807, 2.05) is 12.1 Å². The third-order valence-corrected chi connectivity index (χ3v) is 2.60. The fourth-order valence-corrected chi connectivity index (χ4v) is 1.71. The highest BCUT2D eigenvalue weighted by Gasteiger charge is 2.11. The van der Waals surface area contributed by atoms with E-state index in [-0.39, 0.29) is 5.56 Å². The molecule has 1 aromatic heterocycles. The van der Waals surface area contributed by atoms with Crippen molar-refractivity contribution < 1.29 is 14.5 Å². The second-order valence-corrected chi connectivity index (χ2v) is 3.84. The summed E-state index contributed by atoms with van der Waals surface area (Å²) in [4.78, 5) is 10.9. The zero-order valence-corrected chi connectivity index (χ0v) is 9.58. The van der Waals surface area contributed by atoms with Gasteiger partial charge in [-0.25, -0.2) is 4.79 Å². The lowest BCUT2D eigenvalue weighted by Gasteiger charge is -2.00. The lowest BCUT2D eigenvalue weighted by atomic mass is 10.1. The lowest BCUT2D eigenvalue weighted by Crippen LogP contribution is -2.34. The zero-order valence-electron chi connectivity index (χ0n) is 9.58. The average molecular weight is 239 g/mol. The van der Waals surface area contributed by atoms with E-state index in [4.69, 9.17) is 10.4 Å². The Labute approximate surface area is 104 Å². The molecule has 0 amide bonds. The molecule has 0 aliphatic heterocycles. The number of carboxylic acids is 1. The summed E-state index contributed by atoms with van der Waals surface area (Å²) in [5, 5.41) is 17.9. The Morgan fingerprint density at radius 1 is 1.28 bits per heavy atom. The second kappa shape index (κ2) is 5.11. The van der Waals surface area contributed by atoms with Crippen molar-refractivity contribution in [3.05, 3.63) is 65.5 Å². The van der Waals surface area contributed by atoms with Crippen LogP contribution in [0.15, 0.2) is 48.8 Å². The molecule has 1 aromatic carbocycles. The number of hydrogen-bond donors (Lipinski definition) is 1. The van der Waals surface area contributed by atoms with E-state index in [1.165, 1.54) is 6.07 Å². The number of rotatable bonds is 3.